The monoisotopic (exact) mass is 225 g/mol. The molecule has 0 radical (unpaired) electrons. The molecule has 0 aromatic heterocycles. The Bertz CT molecular complexity index is 357. The van der Waals surface area contributed by atoms with Gasteiger partial charge in [0, 0.05) is 0 Å². The number of rotatable bonds is 3. The second kappa shape index (κ2) is 5.58. The molecule has 4 heteroatoms. The number of esters is 1. The van der Waals surface area contributed by atoms with Crippen LogP contribution >= 0.6 is 0 Å². The number of hydrogen-bond acceptors (Lipinski definition) is 3. The number of methoxy groups -OCH3 is 1. The quantitative estimate of drug-likeness (QED) is 0.487. The van der Waals surface area contributed by atoms with Crippen molar-refractivity contribution in [2.75, 3.05) is 7.11 Å². The Morgan fingerprint density at radius 2 is 2.00 bits per heavy atom. The largest absolute Gasteiger partial charge is 0.466 e. The lowest BCUT2D eigenvalue weighted by Gasteiger charge is -1.94. The lowest BCUT2D eigenvalue weighted by Crippen LogP contribution is -1.99. The lowest BCUT2D eigenvalue weighted by molar-refractivity contribution is -0.134. The van der Waals surface area contributed by atoms with Gasteiger partial charge in [-0.15, -0.1) is 0 Å². The summed E-state index contributed by atoms with van der Waals surface area (Å²) in [6.07, 6.45) is 1.23. The predicted octanol–water partition coefficient (Wildman–Crippen LogP) is 2.13. The minimum atomic E-state index is -1.05. The zero-order valence-corrected chi connectivity index (χ0v) is 9.45. The second-order valence-corrected chi connectivity index (χ2v) is 4.33. The molecule has 0 aliphatic carbocycles. The maximum absolute atomic E-state index is 10.8. The van der Waals surface area contributed by atoms with E-state index in [0.717, 1.165) is 10.5 Å². The van der Waals surface area contributed by atoms with Gasteiger partial charge in [-0.05, 0) is 19.1 Å². The van der Waals surface area contributed by atoms with E-state index in [-0.39, 0.29) is 0 Å². The van der Waals surface area contributed by atoms with Crippen LogP contribution < -0.4 is 0 Å². The molecule has 0 aliphatic rings. The fraction of sp³-hybridized carbons (Fsp3) is 0.182. The molecule has 1 aromatic rings. The second-order valence-electron chi connectivity index (χ2n) is 2.95. The summed E-state index contributed by atoms with van der Waals surface area (Å²) < 4.78 is 14.1. The Morgan fingerprint density at radius 1 is 1.40 bits per heavy atom. The standard InChI is InChI=1S/C11H13O3S/c1-9-3-5-10(6-4-9)15(13)8-7-11(12)14-2/h3-8,13H,1-2H3/q+1/b8-7+. The van der Waals surface area contributed by atoms with Crippen molar-refractivity contribution in [1.29, 1.82) is 0 Å². The minimum absolute atomic E-state index is 0.464. The molecule has 1 unspecified atom stereocenters. The Hall–Kier alpha value is -1.26. The molecule has 3 nitrogen and oxygen atoms in total. The van der Waals surface area contributed by atoms with Crippen LogP contribution in [0, 0.1) is 6.92 Å². The van der Waals surface area contributed by atoms with Crippen molar-refractivity contribution < 1.29 is 14.1 Å². The number of aryl methyl sites for hydroxylation is 1. The third-order valence-corrected chi connectivity index (χ3v) is 2.95. The van der Waals surface area contributed by atoms with E-state index >= 15 is 0 Å². The molecule has 0 saturated carbocycles. The van der Waals surface area contributed by atoms with Crippen molar-refractivity contribution in [1.82, 2.24) is 0 Å². The highest BCUT2D eigenvalue weighted by molar-refractivity contribution is 7.94. The molecule has 15 heavy (non-hydrogen) atoms. The van der Waals surface area contributed by atoms with Gasteiger partial charge in [0.25, 0.3) is 0 Å². The molecule has 0 fully saturated rings. The van der Waals surface area contributed by atoms with Crippen LogP contribution in [0.5, 0.6) is 0 Å². The van der Waals surface area contributed by atoms with Gasteiger partial charge in [0.1, 0.15) is 0 Å². The fourth-order valence-corrected chi connectivity index (χ4v) is 1.76. The average Bonchev–Trinajstić information content (AvgIpc) is 2.26. The van der Waals surface area contributed by atoms with Gasteiger partial charge < -0.3 is 4.74 Å². The van der Waals surface area contributed by atoms with Crippen LogP contribution in [0.1, 0.15) is 5.56 Å². The van der Waals surface area contributed by atoms with E-state index in [1.54, 1.807) is 0 Å². The van der Waals surface area contributed by atoms with Crippen LogP contribution in [0.3, 0.4) is 0 Å². The van der Waals surface area contributed by atoms with Crippen LogP contribution in [-0.4, -0.2) is 17.6 Å². The molecular weight excluding hydrogens is 212 g/mol. The first-order valence-electron chi connectivity index (χ1n) is 4.38. The van der Waals surface area contributed by atoms with Crippen molar-refractivity contribution in [2.45, 2.75) is 11.8 Å². The topological polar surface area (TPSA) is 46.5 Å². The van der Waals surface area contributed by atoms with E-state index in [4.69, 9.17) is 0 Å². The van der Waals surface area contributed by atoms with Crippen LogP contribution in [-0.2, 0) is 20.7 Å². The molecule has 0 heterocycles. The minimum Gasteiger partial charge on any atom is -0.466 e. The van der Waals surface area contributed by atoms with E-state index in [9.17, 15) is 9.35 Å². The molecule has 0 amide bonds. The highest BCUT2D eigenvalue weighted by Crippen LogP contribution is 2.13. The summed E-state index contributed by atoms with van der Waals surface area (Å²) in [5.41, 5.74) is 1.13. The van der Waals surface area contributed by atoms with Gasteiger partial charge in [0.15, 0.2) is 10.3 Å². The summed E-state index contributed by atoms with van der Waals surface area (Å²) in [7, 11) is 1.30. The summed E-state index contributed by atoms with van der Waals surface area (Å²) in [5.74, 6) is -0.464. The van der Waals surface area contributed by atoms with Gasteiger partial charge in [-0.1, -0.05) is 17.7 Å². The zero-order chi connectivity index (χ0) is 11.3. The van der Waals surface area contributed by atoms with Crippen molar-refractivity contribution in [3.8, 4) is 0 Å². The van der Waals surface area contributed by atoms with Crippen LogP contribution in [0.2, 0.25) is 0 Å². The Kier molecular flexibility index (Phi) is 4.39. The van der Waals surface area contributed by atoms with Gasteiger partial charge >= 0.3 is 5.97 Å². The molecular formula is C11H13O3S+. The Balaban J connectivity index is 2.68. The molecule has 0 bridgehead atoms. The molecule has 1 rings (SSSR count). The van der Waals surface area contributed by atoms with Gasteiger partial charge in [0.05, 0.1) is 13.2 Å². The van der Waals surface area contributed by atoms with Gasteiger partial charge in [-0.2, -0.15) is 4.55 Å². The van der Waals surface area contributed by atoms with E-state index in [2.05, 4.69) is 4.74 Å². The third kappa shape index (κ3) is 3.77. The van der Waals surface area contributed by atoms with E-state index in [1.165, 1.54) is 18.6 Å². The average molecular weight is 225 g/mol. The number of carbonyl (C=O) groups is 1. The van der Waals surface area contributed by atoms with Gasteiger partial charge in [-0.25, -0.2) is 4.79 Å². The zero-order valence-electron chi connectivity index (χ0n) is 8.64. The number of benzene rings is 1. The third-order valence-electron chi connectivity index (χ3n) is 1.80. The van der Waals surface area contributed by atoms with Crippen LogP contribution in [0.4, 0.5) is 0 Å². The summed E-state index contributed by atoms with van der Waals surface area (Å²) in [6, 6.07) is 7.50. The first kappa shape index (κ1) is 11.8. The smallest absolute Gasteiger partial charge is 0.335 e. The predicted molar refractivity (Wildman–Crippen MR) is 60.6 cm³/mol. The SMILES string of the molecule is COC(=O)/C=C/[S+](O)c1ccc(C)cc1. The Morgan fingerprint density at radius 3 is 2.53 bits per heavy atom. The van der Waals surface area contributed by atoms with E-state index in [0.29, 0.717) is 0 Å². The summed E-state index contributed by atoms with van der Waals surface area (Å²) in [6.45, 7) is 1.98. The highest BCUT2D eigenvalue weighted by atomic mass is 32.2. The number of ether oxygens (including phenoxy) is 1. The first-order valence-corrected chi connectivity index (χ1v) is 5.63. The number of hydrogen-bond donors (Lipinski definition) is 1. The summed E-state index contributed by atoms with van der Waals surface area (Å²) in [4.78, 5) is 11.6. The lowest BCUT2D eigenvalue weighted by atomic mass is 10.2. The highest BCUT2D eigenvalue weighted by Gasteiger charge is 2.15. The molecule has 1 aromatic carbocycles. The van der Waals surface area contributed by atoms with Crippen molar-refractivity contribution in [3.05, 3.63) is 41.3 Å². The fourth-order valence-electron chi connectivity index (χ4n) is 0.944. The molecule has 0 aliphatic heterocycles. The first-order chi connectivity index (χ1) is 7.13. The molecule has 1 N–H and O–H groups in total. The van der Waals surface area contributed by atoms with Crippen molar-refractivity contribution >= 4 is 17.1 Å². The van der Waals surface area contributed by atoms with Crippen molar-refractivity contribution in [3.63, 3.8) is 0 Å². The van der Waals surface area contributed by atoms with Gasteiger partial charge in [0.2, 0.25) is 11.2 Å². The van der Waals surface area contributed by atoms with Crippen LogP contribution in [0.25, 0.3) is 0 Å². The van der Waals surface area contributed by atoms with E-state index < -0.39 is 17.1 Å². The normalized spacial score (nSPS) is 12.7. The molecule has 1 atom stereocenters. The van der Waals surface area contributed by atoms with E-state index in [1.807, 2.05) is 31.2 Å². The molecule has 80 valence electrons. The van der Waals surface area contributed by atoms with Gasteiger partial charge in [-0.3, -0.25) is 0 Å². The maximum atomic E-state index is 10.8. The maximum Gasteiger partial charge on any atom is 0.335 e. The number of carbonyl (C=O) groups excluding carboxylic acids is 1. The molecule has 0 spiro atoms. The Labute approximate surface area is 91.9 Å². The van der Waals surface area contributed by atoms with Crippen LogP contribution in [0.15, 0.2) is 40.6 Å². The summed E-state index contributed by atoms with van der Waals surface area (Å²) >= 11 is -1.05. The summed E-state index contributed by atoms with van der Waals surface area (Å²) in [5, 5.41) is 1.43. The van der Waals surface area contributed by atoms with Crippen molar-refractivity contribution in [2.24, 2.45) is 0 Å². The molecule has 0 saturated heterocycles.